The maximum atomic E-state index is 11.9. The molecule has 2 aromatic rings. The smallest absolute Gasteiger partial charge is 0.266 e. The van der Waals surface area contributed by atoms with E-state index >= 15 is 0 Å². The van der Waals surface area contributed by atoms with Gasteiger partial charge in [-0.3, -0.25) is 4.79 Å². The number of rotatable bonds is 4. The summed E-state index contributed by atoms with van der Waals surface area (Å²) in [7, 11) is 4.53. The Morgan fingerprint density at radius 3 is 2.09 bits per heavy atom. The minimum Gasteiger partial charge on any atom is -0.493 e. The van der Waals surface area contributed by atoms with Crippen molar-refractivity contribution in [3.8, 4) is 34.4 Å². The Morgan fingerprint density at radius 2 is 1.64 bits per heavy atom. The van der Waals surface area contributed by atoms with Crippen molar-refractivity contribution in [2.45, 2.75) is 6.92 Å². The summed E-state index contributed by atoms with van der Waals surface area (Å²) in [6.45, 7) is 1.75. The van der Waals surface area contributed by atoms with Crippen molar-refractivity contribution in [3.63, 3.8) is 0 Å². The molecule has 1 N–H and O–H groups in total. The van der Waals surface area contributed by atoms with Crippen LogP contribution in [0, 0.1) is 18.3 Å². The van der Waals surface area contributed by atoms with Gasteiger partial charge >= 0.3 is 0 Å². The third-order valence-corrected chi connectivity index (χ3v) is 3.26. The molecule has 0 amide bonds. The highest BCUT2D eigenvalue weighted by Crippen LogP contribution is 2.41. The summed E-state index contributed by atoms with van der Waals surface area (Å²) in [6, 6.07) is 7.08. The first-order valence-corrected chi connectivity index (χ1v) is 6.50. The van der Waals surface area contributed by atoms with Gasteiger partial charge in [-0.1, -0.05) is 0 Å². The predicted octanol–water partition coefficient (Wildman–Crippen LogP) is 2.25. The van der Waals surface area contributed by atoms with Crippen LogP contribution in [0.2, 0.25) is 0 Å². The van der Waals surface area contributed by atoms with Gasteiger partial charge in [-0.2, -0.15) is 5.26 Å². The lowest BCUT2D eigenvalue weighted by Gasteiger charge is -2.14. The van der Waals surface area contributed by atoms with Crippen molar-refractivity contribution in [1.82, 2.24) is 4.98 Å². The lowest BCUT2D eigenvalue weighted by molar-refractivity contribution is 0.324. The van der Waals surface area contributed by atoms with Gasteiger partial charge in [0.2, 0.25) is 5.75 Å². The van der Waals surface area contributed by atoms with Crippen LogP contribution >= 0.6 is 0 Å². The molecule has 2 rings (SSSR count). The van der Waals surface area contributed by atoms with Crippen LogP contribution in [-0.2, 0) is 0 Å². The van der Waals surface area contributed by atoms with Crippen molar-refractivity contribution in [2.75, 3.05) is 21.3 Å². The highest BCUT2D eigenvalue weighted by molar-refractivity contribution is 5.75. The number of nitriles is 1. The molecule has 0 fully saturated rings. The molecule has 0 saturated heterocycles. The molecule has 0 radical (unpaired) electrons. The number of benzene rings is 1. The molecular weight excluding hydrogens is 284 g/mol. The van der Waals surface area contributed by atoms with E-state index in [0.29, 0.717) is 34.1 Å². The van der Waals surface area contributed by atoms with Gasteiger partial charge in [-0.15, -0.1) is 0 Å². The van der Waals surface area contributed by atoms with E-state index in [9.17, 15) is 10.1 Å². The van der Waals surface area contributed by atoms with Gasteiger partial charge in [0.25, 0.3) is 5.56 Å². The van der Waals surface area contributed by atoms with Crippen LogP contribution in [0.25, 0.3) is 11.1 Å². The molecule has 1 heterocycles. The number of pyridine rings is 1. The molecule has 0 aliphatic heterocycles. The van der Waals surface area contributed by atoms with Crippen molar-refractivity contribution >= 4 is 0 Å². The van der Waals surface area contributed by atoms with E-state index in [4.69, 9.17) is 14.2 Å². The molecule has 1 aromatic heterocycles. The van der Waals surface area contributed by atoms with Crippen LogP contribution < -0.4 is 19.8 Å². The summed E-state index contributed by atoms with van der Waals surface area (Å²) in [5, 5.41) is 9.25. The highest BCUT2D eigenvalue weighted by Gasteiger charge is 2.17. The zero-order valence-corrected chi connectivity index (χ0v) is 12.8. The van der Waals surface area contributed by atoms with Crippen LogP contribution in [0.1, 0.15) is 11.3 Å². The number of hydrogen-bond donors (Lipinski definition) is 1. The Hall–Kier alpha value is -2.94. The van der Waals surface area contributed by atoms with Gasteiger partial charge in [0.05, 0.1) is 21.3 Å². The molecule has 0 aliphatic carbocycles. The SMILES string of the molecule is COc1cc(-c2cc(C)[nH]c(=O)c2C#N)cc(OC)c1OC. The molecule has 22 heavy (non-hydrogen) atoms. The quantitative estimate of drug-likeness (QED) is 0.936. The van der Waals surface area contributed by atoms with Crippen LogP contribution in [0.3, 0.4) is 0 Å². The predicted molar refractivity (Wildman–Crippen MR) is 81.6 cm³/mol. The summed E-state index contributed by atoms with van der Waals surface area (Å²) in [5.41, 5.74) is 1.43. The zero-order chi connectivity index (χ0) is 16.3. The van der Waals surface area contributed by atoms with Gasteiger partial charge in [-0.25, -0.2) is 0 Å². The third-order valence-electron chi connectivity index (χ3n) is 3.26. The second kappa shape index (κ2) is 6.22. The molecule has 6 heteroatoms. The Labute approximate surface area is 127 Å². The first kappa shape index (κ1) is 15.4. The lowest BCUT2D eigenvalue weighted by atomic mass is 10.00. The third kappa shape index (κ3) is 2.61. The normalized spacial score (nSPS) is 9.95. The Bertz CT molecular complexity index is 778. The number of nitrogens with zero attached hydrogens (tertiary/aromatic N) is 1. The number of nitrogens with one attached hydrogen (secondary N) is 1. The second-order valence-electron chi connectivity index (χ2n) is 4.60. The number of aryl methyl sites for hydroxylation is 1. The van der Waals surface area contributed by atoms with Gasteiger partial charge in [-0.05, 0) is 30.7 Å². The molecular formula is C16H16N2O4. The second-order valence-corrected chi connectivity index (χ2v) is 4.60. The van der Waals surface area contributed by atoms with E-state index in [-0.39, 0.29) is 5.56 Å². The lowest BCUT2D eigenvalue weighted by Crippen LogP contribution is -2.12. The van der Waals surface area contributed by atoms with Crippen molar-refractivity contribution in [2.24, 2.45) is 0 Å². The summed E-state index contributed by atoms with van der Waals surface area (Å²) in [4.78, 5) is 14.5. The number of H-pyrrole nitrogens is 1. The van der Waals surface area contributed by atoms with Crippen molar-refractivity contribution < 1.29 is 14.2 Å². The Balaban J connectivity index is 2.79. The monoisotopic (exact) mass is 300 g/mol. The molecule has 6 nitrogen and oxygen atoms in total. The number of methoxy groups -OCH3 is 3. The Morgan fingerprint density at radius 1 is 1.05 bits per heavy atom. The van der Waals surface area contributed by atoms with Crippen LogP contribution in [0.4, 0.5) is 0 Å². The van der Waals surface area contributed by atoms with Gasteiger partial charge in [0.15, 0.2) is 11.5 Å². The molecule has 0 unspecified atom stereocenters. The van der Waals surface area contributed by atoms with Crippen LogP contribution in [0.5, 0.6) is 17.2 Å². The number of aromatic amines is 1. The topological polar surface area (TPSA) is 84.3 Å². The number of hydrogen-bond acceptors (Lipinski definition) is 5. The zero-order valence-electron chi connectivity index (χ0n) is 12.8. The maximum absolute atomic E-state index is 11.9. The van der Waals surface area contributed by atoms with Crippen molar-refractivity contribution in [1.29, 1.82) is 5.26 Å². The fourth-order valence-electron chi connectivity index (χ4n) is 2.26. The summed E-state index contributed by atoms with van der Waals surface area (Å²) in [5.74, 6) is 1.37. The van der Waals surface area contributed by atoms with Gasteiger partial charge in [0.1, 0.15) is 11.6 Å². The van der Waals surface area contributed by atoms with E-state index < -0.39 is 5.56 Å². The van der Waals surface area contributed by atoms with E-state index in [0.717, 1.165) is 0 Å². The maximum Gasteiger partial charge on any atom is 0.266 e. The van der Waals surface area contributed by atoms with Crippen molar-refractivity contribution in [3.05, 3.63) is 39.8 Å². The average molecular weight is 300 g/mol. The standard InChI is InChI=1S/C16H16N2O4/c1-9-5-11(12(8-17)16(19)18-9)10-6-13(20-2)15(22-4)14(7-10)21-3/h5-7H,1-4H3,(H,18,19). The van der Waals surface area contributed by atoms with Crippen LogP contribution in [-0.4, -0.2) is 26.3 Å². The van der Waals surface area contributed by atoms with E-state index in [1.807, 2.05) is 6.07 Å². The number of aromatic nitrogens is 1. The molecule has 0 spiro atoms. The van der Waals surface area contributed by atoms with E-state index in [1.54, 1.807) is 25.1 Å². The summed E-state index contributed by atoms with van der Waals surface area (Å²) in [6.07, 6.45) is 0. The molecule has 0 atom stereocenters. The minimum atomic E-state index is -0.425. The summed E-state index contributed by atoms with van der Waals surface area (Å²) >= 11 is 0. The fourth-order valence-corrected chi connectivity index (χ4v) is 2.26. The molecule has 0 saturated carbocycles. The molecule has 1 aromatic carbocycles. The van der Waals surface area contributed by atoms with Gasteiger partial charge in [0, 0.05) is 11.3 Å². The minimum absolute atomic E-state index is 0.0415. The highest BCUT2D eigenvalue weighted by atomic mass is 16.5. The Kier molecular flexibility index (Phi) is 4.37. The first-order valence-electron chi connectivity index (χ1n) is 6.50. The molecule has 0 bridgehead atoms. The fraction of sp³-hybridized carbons (Fsp3) is 0.250. The number of ether oxygens (including phenoxy) is 3. The molecule has 0 aliphatic rings. The molecule has 114 valence electrons. The van der Waals surface area contributed by atoms with Gasteiger partial charge < -0.3 is 19.2 Å². The van der Waals surface area contributed by atoms with E-state index in [2.05, 4.69) is 4.98 Å². The van der Waals surface area contributed by atoms with E-state index in [1.165, 1.54) is 21.3 Å². The van der Waals surface area contributed by atoms with Crippen LogP contribution in [0.15, 0.2) is 23.0 Å². The average Bonchev–Trinajstić information content (AvgIpc) is 2.52. The largest absolute Gasteiger partial charge is 0.493 e. The first-order chi connectivity index (χ1) is 10.5. The summed E-state index contributed by atoms with van der Waals surface area (Å²) < 4.78 is 15.9.